The van der Waals surface area contributed by atoms with Gasteiger partial charge >= 0.3 is 0 Å². The van der Waals surface area contributed by atoms with Crippen LogP contribution < -0.4 is 15.4 Å². The maximum Gasteiger partial charge on any atom is 0.228 e. The Morgan fingerprint density at radius 3 is 2.58 bits per heavy atom. The van der Waals surface area contributed by atoms with Gasteiger partial charge in [0.1, 0.15) is 5.75 Å². The summed E-state index contributed by atoms with van der Waals surface area (Å²) in [5.41, 5.74) is 2.88. The zero-order valence-electron chi connectivity index (χ0n) is 12.5. The Kier molecular flexibility index (Phi) is 5.83. The summed E-state index contributed by atoms with van der Waals surface area (Å²) in [7, 11) is 3.48. The molecule has 1 rings (SSSR count). The maximum absolute atomic E-state index is 12.2. The average molecular weight is 264 g/mol. The third kappa shape index (κ3) is 3.96. The fourth-order valence-electron chi connectivity index (χ4n) is 2.22. The van der Waals surface area contributed by atoms with Crippen LogP contribution in [0.4, 0.5) is 5.69 Å². The van der Waals surface area contributed by atoms with Gasteiger partial charge in [0.25, 0.3) is 0 Å². The van der Waals surface area contributed by atoms with Crippen LogP contribution >= 0.6 is 0 Å². The normalized spacial score (nSPS) is 12.1. The summed E-state index contributed by atoms with van der Waals surface area (Å²) in [6.45, 7) is 6.68. The van der Waals surface area contributed by atoms with Crippen molar-refractivity contribution < 1.29 is 9.53 Å². The van der Waals surface area contributed by atoms with Gasteiger partial charge in [-0.25, -0.2) is 0 Å². The molecule has 0 aliphatic heterocycles. The van der Waals surface area contributed by atoms with E-state index in [0.29, 0.717) is 6.54 Å². The van der Waals surface area contributed by atoms with E-state index in [1.165, 1.54) is 0 Å². The molecule has 0 spiro atoms. The number of nitrogens with one attached hydrogen (secondary N) is 2. The Morgan fingerprint density at radius 2 is 2.05 bits per heavy atom. The minimum atomic E-state index is -0.0319. The minimum absolute atomic E-state index is 0.0279. The highest BCUT2D eigenvalue weighted by molar-refractivity contribution is 5.94. The van der Waals surface area contributed by atoms with Crippen molar-refractivity contribution in [2.24, 2.45) is 5.92 Å². The van der Waals surface area contributed by atoms with Crippen molar-refractivity contribution >= 4 is 11.6 Å². The van der Waals surface area contributed by atoms with E-state index >= 15 is 0 Å². The average Bonchev–Trinajstić information content (AvgIpc) is 2.35. The smallest absolute Gasteiger partial charge is 0.228 e. The van der Waals surface area contributed by atoms with Crippen LogP contribution in [0.25, 0.3) is 0 Å². The molecule has 1 aromatic carbocycles. The third-order valence-corrected chi connectivity index (χ3v) is 3.20. The molecule has 0 fully saturated rings. The van der Waals surface area contributed by atoms with Crippen LogP contribution in [0.15, 0.2) is 12.1 Å². The molecule has 0 aliphatic rings. The molecule has 2 N–H and O–H groups in total. The van der Waals surface area contributed by atoms with Crippen LogP contribution in [0.3, 0.4) is 0 Å². The van der Waals surface area contributed by atoms with Crippen molar-refractivity contribution in [3.63, 3.8) is 0 Å². The van der Waals surface area contributed by atoms with E-state index in [1.807, 2.05) is 40.0 Å². The first-order chi connectivity index (χ1) is 9.03. The SMILES string of the molecule is CCC(CNC)C(=O)Nc1cc(C)cc(C)c1OC. The Labute approximate surface area is 115 Å². The number of hydrogen-bond donors (Lipinski definition) is 2. The molecular formula is C15H24N2O2. The van der Waals surface area contributed by atoms with Crippen molar-refractivity contribution in [3.8, 4) is 5.75 Å². The standard InChI is InChI=1S/C15H24N2O2/c1-6-12(9-16-4)15(18)17-13-8-10(2)7-11(3)14(13)19-5/h7-8,12,16H,6,9H2,1-5H3,(H,17,18). The lowest BCUT2D eigenvalue weighted by atomic mass is 10.0. The first kappa shape index (κ1) is 15.5. The number of anilines is 1. The van der Waals surface area contributed by atoms with Gasteiger partial charge in [-0.05, 0) is 44.5 Å². The monoisotopic (exact) mass is 264 g/mol. The summed E-state index contributed by atoms with van der Waals surface area (Å²) >= 11 is 0. The maximum atomic E-state index is 12.2. The first-order valence-corrected chi connectivity index (χ1v) is 6.64. The molecule has 1 unspecified atom stereocenters. The second kappa shape index (κ2) is 7.14. The van der Waals surface area contributed by atoms with Crippen LogP contribution in [0, 0.1) is 19.8 Å². The lowest BCUT2D eigenvalue weighted by Crippen LogP contribution is -2.30. The highest BCUT2D eigenvalue weighted by Gasteiger charge is 2.18. The van der Waals surface area contributed by atoms with E-state index < -0.39 is 0 Å². The largest absolute Gasteiger partial charge is 0.494 e. The summed E-state index contributed by atoms with van der Waals surface area (Å²) in [6, 6.07) is 3.98. The highest BCUT2D eigenvalue weighted by Crippen LogP contribution is 2.30. The zero-order valence-corrected chi connectivity index (χ0v) is 12.5. The van der Waals surface area contributed by atoms with Crippen molar-refractivity contribution in [1.82, 2.24) is 5.32 Å². The molecule has 0 radical (unpaired) electrons. The van der Waals surface area contributed by atoms with E-state index in [0.717, 1.165) is 29.0 Å². The zero-order chi connectivity index (χ0) is 14.4. The van der Waals surface area contributed by atoms with Crippen molar-refractivity contribution in [3.05, 3.63) is 23.3 Å². The lowest BCUT2D eigenvalue weighted by molar-refractivity contribution is -0.119. The van der Waals surface area contributed by atoms with Crippen molar-refractivity contribution in [2.75, 3.05) is 26.0 Å². The summed E-state index contributed by atoms with van der Waals surface area (Å²) in [6.07, 6.45) is 0.805. The summed E-state index contributed by atoms with van der Waals surface area (Å²) < 4.78 is 5.38. The molecule has 19 heavy (non-hydrogen) atoms. The Hall–Kier alpha value is -1.55. The molecule has 0 aromatic heterocycles. The molecule has 4 nitrogen and oxygen atoms in total. The number of aryl methyl sites for hydroxylation is 2. The van der Waals surface area contributed by atoms with Gasteiger partial charge in [-0.3, -0.25) is 4.79 Å². The molecule has 1 atom stereocenters. The fourth-order valence-corrected chi connectivity index (χ4v) is 2.22. The lowest BCUT2D eigenvalue weighted by Gasteiger charge is -2.17. The molecule has 0 saturated heterocycles. The topological polar surface area (TPSA) is 50.4 Å². The predicted molar refractivity (Wildman–Crippen MR) is 78.8 cm³/mol. The summed E-state index contributed by atoms with van der Waals surface area (Å²) in [5, 5.41) is 6.02. The molecule has 0 bridgehead atoms. The molecule has 1 aromatic rings. The molecule has 0 heterocycles. The quantitative estimate of drug-likeness (QED) is 0.830. The van der Waals surface area contributed by atoms with Gasteiger partial charge in [-0.2, -0.15) is 0 Å². The Bertz CT molecular complexity index is 444. The Morgan fingerprint density at radius 1 is 1.37 bits per heavy atom. The van der Waals surface area contributed by atoms with Crippen LogP contribution in [-0.4, -0.2) is 26.6 Å². The van der Waals surface area contributed by atoms with Gasteiger partial charge in [0.05, 0.1) is 18.7 Å². The van der Waals surface area contributed by atoms with E-state index in [9.17, 15) is 4.79 Å². The summed E-state index contributed by atoms with van der Waals surface area (Å²) in [4.78, 5) is 12.2. The number of rotatable bonds is 6. The van der Waals surface area contributed by atoms with Gasteiger partial charge in [0, 0.05) is 6.54 Å². The van der Waals surface area contributed by atoms with E-state index in [2.05, 4.69) is 10.6 Å². The number of ether oxygens (including phenoxy) is 1. The third-order valence-electron chi connectivity index (χ3n) is 3.20. The predicted octanol–water partition coefficient (Wildman–Crippen LogP) is 2.50. The first-order valence-electron chi connectivity index (χ1n) is 6.64. The molecule has 0 aliphatic carbocycles. The molecule has 1 amide bonds. The molecule has 4 heteroatoms. The van der Waals surface area contributed by atoms with Gasteiger partial charge in [0.15, 0.2) is 0 Å². The molecule has 106 valence electrons. The van der Waals surface area contributed by atoms with Gasteiger partial charge < -0.3 is 15.4 Å². The second-order valence-corrected chi connectivity index (χ2v) is 4.81. The van der Waals surface area contributed by atoms with E-state index in [-0.39, 0.29) is 11.8 Å². The van der Waals surface area contributed by atoms with Crippen LogP contribution in [0.1, 0.15) is 24.5 Å². The van der Waals surface area contributed by atoms with Gasteiger partial charge in [-0.1, -0.05) is 13.0 Å². The van der Waals surface area contributed by atoms with Crippen molar-refractivity contribution in [2.45, 2.75) is 27.2 Å². The Balaban J connectivity index is 2.95. The molecule has 0 saturated carbocycles. The number of amides is 1. The summed E-state index contributed by atoms with van der Waals surface area (Å²) in [5.74, 6) is 0.730. The minimum Gasteiger partial charge on any atom is -0.494 e. The second-order valence-electron chi connectivity index (χ2n) is 4.81. The fraction of sp³-hybridized carbons (Fsp3) is 0.533. The number of carbonyl (C=O) groups excluding carboxylic acids is 1. The number of benzene rings is 1. The molecular weight excluding hydrogens is 240 g/mol. The highest BCUT2D eigenvalue weighted by atomic mass is 16.5. The number of methoxy groups -OCH3 is 1. The van der Waals surface area contributed by atoms with Crippen LogP contribution in [0.5, 0.6) is 5.75 Å². The van der Waals surface area contributed by atoms with E-state index in [4.69, 9.17) is 4.74 Å². The van der Waals surface area contributed by atoms with Gasteiger partial charge in [0.2, 0.25) is 5.91 Å². The van der Waals surface area contributed by atoms with Crippen molar-refractivity contribution in [1.29, 1.82) is 0 Å². The number of hydrogen-bond acceptors (Lipinski definition) is 3. The van der Waals surface area contributed by atoms with Gasteiger partial charge in [-0.15, -0.1) is 0 Å². The number of carbonyl (C=O) groups is 1. The van der Waals surface area contributed by atoms with Crippen LogP contribution in [-0.2, 0) is 4.79 Å². The van der Waals surface area contributed by atoms with E-state index in [1.54, 1.807) is 7.11 Å². The van der Waals surface area contributed by atoms with Crippen LogP contribution in [0.2, 0.25) is 0 Å².